The van der Waals surface area contributed by atoms with Crippen LogP contribution >= 0.6 is 0 Å². The summed E-state index contributed by atoms with van der Waals surface area (Å²) in [7, 11) is 0. The van der Waals surface area contributed by atoms with E-state index in [1.807, 2.05) is 6.07 Å². The molecule has 1 fully saturated rings. The summed E-state index contributed by atoms with van der Waals surface area (Å²) in [6.07, 6.45) is 2.29. The molecule has 4 heteroatoms. The van der Waals surface area contributed by atoms with E-state index >= 15 is 0 Å². The molecule has 1 saturated heterocycles. The molecule has 1 aromatic carbocycles. The van der Waals surface area contributed by atoms with Crippen molar-refractivity contribution in [2.45, 2.75) is 38.8 Å². The fourth-order valence-corrected chi connectivity index (χ4v) is 2.78. The van der Waals surface area contributed by atoms with Gasteiger partial charge < -0.3 is 9.88 Å². The molecule has 1 aliphatic rings. The van der Waals surface area contributed by atoms with E-state index in [1.165, 1.54) is 18.6 Å². The van der Waals surface area contributed by atoms with Gasteiger partial charge >= 0.3 is 0 Å². The Morgan fingerprint density at radius 1 is 1.44 bits per heavy atom. The van der Waals surface area contributed by atoms with Gasteiger partial charge in [-0.25, -0.2) is 9.37 Å². The Morgan fingerprint density at radius 2 is 2.28 bits per heavy atom. The molecule has 1 atom stereocenters. The van der Waals surface area contributed by atoms with Gasteiger partial charge in [0.25, 0.3) is 0 Å². The molecule has 0 radical (unpaired) electrons. The highest BCUT2D eigenvalue weighted by Gasteiger charge is 2.24. The van der Waals surface area contributed by atoms with E-state index in [9.17, 15) is 4.39 Å². The van der Waals surface area contributed by atoms with Crippen molar-refractivity contribution in [2.75, 3.05) is 6.54 Å². The van der Waals surface area contributed by atoms with Crippen molar-refractivity contribution in [1.82, 2.24) is 14.9 Å². The third-order valence-electron chi connectivity index (χ3n) is 3.57. The van der Waals surface area contributed by atoms with Crippen LogP contribution in [-0.4, -0.2) is 16.1 Å². The molecule has 3 rings (SSSR count). The Balaban J connectivity index is 2.19. The summed E-state index contributed by atoms with van der Waals surface area (Å²) in [6.45, 7) is 5.33. The van der Waals surface area contributed by atoms with Gasteiger partial charge in [0.1, 0.15) is 11.6 Å². The number of hydrogen-bond acceptors (Lipinski definition) is 2. The molecule has 0 spiro atoms. The zero-order valence-corrected chi connectivity index (χ0v) is 10.8. The fraction of sp³-hybridized carbons (Fsp3) is 0.500. The van der Waals surface area contributed by atoms with Crippen LogP contribution < -0.4 is 5.32 Å². The van der Waals surface area contributed by atoms with Gasteiger partial charge in [0.2, 0.25) is 0 Å². The number of halogens is 1. The smallest absolute Gasteiger partial charge is 0.127 e. The minimum absolute atomic E-state index is 0.221. The lowest BCUT2D eigenvalue weighted by Gasteiger charge is -2.17. The summed E-state index contributed by atoms with van der Waals surface area (Å²) < 4.78 is 15.5. The van der Waals surface area contributed by atoms with Crippen LogP contribution in [-0.2, 0) is 0 Å². The molecule has 1 N–H and O–H groups in total. The highest BCUT2D eigenvalue weighted by atomic mass is 19.1. The molecule has 1 aliphatic heterocycles. The first-order chi connectivity index (χ1) is 8.66. The first-order valence-electron chi connectivity index (χ1n) is 6.57. The van der Waals surface area contributed by atoms with Gasteiger partial charge in [0.15, 0.2) is 0 Å². The van der Waals surface area contributed by atoms with Crippen LogP contribution in [0.3, 0.4) is 0 Å². The SMILES string of the molecule is CC(C)n1c(C2CCCN2)nc2cc(F)ccc21. The molecule has 96 valence electrons. The summed E-state index contributed by atoms with van der Waals surface area (Å²) in [5.41, 5.74) is 1.78. The van der Waals surface area contributed by atoms with Crippen molar-refractivity contribution in [3.8, 4) is 0 Å². The van der Waals surface area contributed by atoms with Crippen molar-refractivity contribution in [3.05, 3.63) is 29.8 Å². The molecule has 0 amide bonds. The number of fused-ring (bicyclic) bond motifs is 1. The van der Waals surface area contributed by atoms with Crippen molar-refractivity contribution >= 4 is 11.0 Å². The van der Waals surface area contributed by atoms with Crippen LogP contribution in [0.4, 0.5) is 4.39 Å². The van der Waals surface area contributed by atoms with Crippen LogP contribution in [0.5, 0.6) is 0 Å². The summed E-state index contributed by atoms with van der Waals surface area (Å²) in [5.74, 6) is 0.824. The Kier molecular flexibility index (Phi) is 2.82. The summed E-state index contributed by atoms with van der Waals surface area (Å²) in [6, 6.07) is 5.50. The first-order valence-corrected chi connectivity index (χ1v) is 6.57. The van der Waals surface area contributed by atoms with Gasteiger partial charge in [0, 0.05) is 12.1 Å². The highest BCUT2D eigenvalue weighted by Crippen LogP contribution is 2.29. The maximum absolute atomic E-state index is 13.3. The normalized spacial score (nSPS) is 20.1. The molecule has 1 aromatic heterocycles. The third-order valence-corrected chi connectivity index (χ3v) is 3.57. The molecule has 0 bridgehead atoms. The number of nitrogens with one attached hydrogen (secondary N) is 1. The van der Waals surface area contributed by atoms with Crippen molar-refractivity contribution in [1.29, 1.82) is 0 Å². The quantitative estimate of drug-likeness (QED) is 0.883. The summed E-state index contributed by atoms with van der Waals surface area (Å²) in [5, 5.41) is 3.47. The Bertz CT molecular complexity index is 568. The molecule has 0 aliphatic carbocycles. The third kappa shape index (κ3) is 1.81. The second-order valence-electron chi connectivity index (χ2n) is 5.22. The lowest BCUT2D eigenvalue weighted by molar-refractivity contribution is 0.517. The molecule has 3 nitrogen and oxygen atoms in total. The molecule has 1 unspecified atom stereocenters. The van der Waals surface area contributed by atoms with Crippen LogP contribution in [0, 0.1) is 5.82 Å². The van der Waals surface area contributed by atoms with Crippen LogP contribution in [0.2, 0.25) is 0 Å². The van der Waals surface area contributed by atoms with Gasteiger partial charge in [-0.2, -0.15) is 0 Å². The van der Waals surface area contributed by atoms with Gasteiger partial charge in [-0.1, -0.05) is 0 Å². The monoisotopic (exact) mass is 247 g/mol. The largest absolute Gasteiger partial charge is 0.324 e. The first kappa shape index (κ1) is 11.7. The van der Waals surface area contributed by atoms with Gasteiger partial charge in [-0.15, -0.1) is 0 Å². The van der Waals surface area contributed by atoms with Crippen molar-refractivity contribution in [3.63, 3.8) is 0 Å². The Hall–Kier alpha value is -1.42. The molecular weight excluding hydrogens is 229 g/mol. The molecule has 2 heterocycles. The van der Waals surface area contributed by atoms with Crippen LogP contribution in [0.15, 0.2) is 18.2 Å². The van der Waals surface area contributed by atoms with E-state index in [2.05, 4.69) is 28.7 Å². The average Bonchev–Trinajstić information content (AvgIpc) is 2.93. The summed E-state index contributed by atoms with van der Waals surface area (Å²) in [4.78, 5) is 4.64. The number of nitrogens with zero attached hydrogens (tertiary/aromatic N) is 2. The number of hydrogen-bond donors (Lipinski definition) is 1. The van der Waals surface area contributed by atoms with E-state index in [4.69, 9.17) is 0 Å². The topological polar surface area (TPSA) is 29.9 Å². The predicted octanol–water partition coefficient (Wildman–Crippen LogP) is 3.18. The number of rotatable bonds is 2. The molecule has 0 saturated carbocycles. The predicted molar refractivity (Wildman–Crippen MR) is 70.1 cm³/mol. The maximum Gasteiger partial charge on any atom is 0.127 e. The minimum atomic E-state index is -0.221. The Morgan fingerprint density at radius 3 is 2.94 bits per heavy atom. The number of imidazole rings is 1. The van der Waals surface area contributed by atoms with Crippen molar-refractivity contribution < 1.29 is 4.39 Å². The Labute approximate surface area is 106 Å². The highest BCUT2D eigenvalue weighted by molar-refractivity contribution is 5.76. The van der Waals surface area contributed by atoms with Gasteiger partial charge in [0.05, 0.1) is 17.1 Å². The van der Waals surface area contributed by atoms with E-state index < -0.39 is 0 Å². The maximum atomic E-state index is 13.3. The summed E-state index contributed by atoms with van der Waals surface area (Å²) >= 11 is 0. The van der Waals surface area contributed by atoms with Crippen molar-refractivity contribution in [2.24, 2.45) is 0 Å². The van der Waals surface area contributed by atoms with E-state index in [0.717, 1.165) is 29.8 Å². The minimum Gasteiger partial charge on any atom is -0.324 e. The van der Waals surface area contributed by atoms with Gasteiger partial charge in [-0.05, 0) is 45.4 Å². The molecule has 2 aromatic rings. The van der Waals surface area contributed by atoms with Crippen LogP contribution in [0.1, 0.15) is 44.6 Å². The van der Waals surface area contributed by atoms with Crippen LogP contribution in [0.25, 0.3) is 11.0 Å². The number of benzene rings is 1. The van der Waals surface area contributed by atoms with Gasteiger partial charge in [-0.3, -0.25) is 0 Å². The fourth-order valence-electron chi connectivity index (χ4n) is 2.78. The zero-order valence-electron chi connectivity index (χ0n) is 10.8. The lowest BCUT2D eigenvalue weighted by Crippen LogP contribution is -2.19. The van der Waals surface area contributed by atoms with E-state index in [1.54, 1.807) is 0 Å². The van der Waals surface area contributed by atoms with E-state index in [0.29, 0.717) is 12.1 Å². The average molecular weight is 247 g/mol. The number of aromatic nitrogens is 2. The zero-order chi connectivity index (χ0) is 12.7. The second-order valence-corrected chi connectivity index (χ2v) is 5.22. The van der Waals surface area contributed by atoms with E-state index in [-0.39, 0.29) is 5.82 Å². The molecule has 18 heavy (non-hydrogen) atoms. The molecular formula is C14H18FN3. The lowest BCUT2D eigenvalue weighted by atomic mass is 10.2. The standard InChI is InChI=1S/C14H18FN3/c1-9(2)18-13-6-5-10(15)8-12(13)17-14(18)11-4-3-7-16-11/h5-6,8-9,11,16H,3-4,7H2,1-2H3. The second kappa shape index (κ2) is 4.35.